The van der Waals surface area contributed by atoms with Crippen LogP contribution in [0.5, 0.6) is 0 Å². The molecule has 1 aliphatic carbocycles. The summed E-state index contributed by atoms with van der Waals surface area (Å²) in [6, 6.07) is 8.43. The van der Waals surface area contributed by atoms with Gasteiger partial charge in [0.05, 0.1) is 5.69 Å². The molecule has 4 rings (SSSR count). The van der Waals surface area contributed by atoms with E-state index in [9.17, 15) is 27.5 Å². The zero-order valence-corrected chi connectivity index (χ0v) is 19.1. The maximum atomic E-state index is 12.9. The van der Waals surface area contributed by atoms with Crippen LogP contribution in [0.3, 0.4) is 0 Å². The number of aryl methyl sites for hydroxylation is 2. The number of nitrogens with one attached hydrogen (secondary N) is 1. The summed E-state index contributed by atoms with van der Waals surface area (Å²) < 4.78 is 46.3. The maximum Gasteiger partial charge on any atom is 0.490 e. The van der Waals surface area contributed by atoms with Gasteiger partial charge in [0, 0.05) is 30.1 Å². The molecule has 3 aromatic rings. The van der Waals surface area contributed by atoms with E-state index >= 15 is 0 Å². The lowest BCUT2D eigenvalue weighted by Gasteiger charge is -2.14. The van der Waals surface area contributed by atoms with E-state index in [1.54, 1.807) is 23.0 Å². The van der Waals surface area contributed by atoms with Crippen LogP contribution in [-0.4, -0.2) is 56.2 Å². The van der Waals surface area contributed by atoms with Crippen molar-refractivity contribution in [3.8, 4) is 11.3 Å². The Hall–Kier alpha value is -3.80. The quantitative estimate of drug-likeness (QED) is 0.314. The summed E-state index contributed by atoms with van der Waals surface area (Å²) in [7, 11) is 0. The Morgan fingerprint density at radius 2 is 1.75 bits per heavy atom. The lowest BCUT2D eigenvalue weighted by molar-refractivity contribution is -0.192. The number of fused-ring (bicyclic) bond motifs is 3. The van der Waals surface area contributed by atoms with Crippen molar-refractivity contribution in [2.75, 3.05) is 13.1 Å². The highest BCUT2D eigenvalue weighted by Crippen LogP contribution is 2.34. The second kappa shape index (κ2) is 11.8. The number of carbonyl (C=O) groups is 2. The Bertz CT molecular complexity index is 1210. The van der Waals surface area contributed by atoms with E-state index in [0.29, 0.717) is 18.7 Å². The molecule has 0 fully saturated rings. The van der Waals surface area contributed by atoms with Gasteiger partial charge in [-0.1, -0.05) is 12.1 Å². The fraction of sp³-hybridized carbons (Fsp3) is 0.333. The van der Waals surface area contributed by atoms with Crippen LogP contribution in [0.4, 0.5) is 17.6 Å². The third kappa shape index (κ3) is 6.87. The SMILES string of the molecule is O=C(O)C(F)(F)F.O=C(O)c1c2c(nn1CCCNCCc1ccc(F)cc1)-c1ccncc1CC2. The molecular weight excluding hydrogens is 484 g/mol. The molecule has 2 aromatic heterocycles. The van der Waals surface area contributed by atoms with Gasteiger partial charge in [-0.3, -0.25) is 9.67 Å². The Morgan fingerprint density at radius 1 is 1.06 bits per heavy atom. The van der Waals surface area contributed by atoms with Crippen molar-refractivity contribution >= 4 is 11.9 Å². The highest BCUT2D eigenvalue weighted by atomic mass is 19.4. The van der Waals surface area contributed by atoms with Gasteiger partial charge in [-0.25, -0.2) is 14.0 Å². The molecule has 1 aromatic carbocycles. The second-order valence-corrected chi connectivity index (χ2v) is 8.02. The summed E-state index contributed by atoms with van der Waals surface area (Å²) in [5, 5.41) is 24.8. The molecule has 0 unspecified atom stereocenters. The van der Waals surface area contributed by atoms with E-state index in [2.05, 4.69) is 15.4 Å². The topological polar surface area (TPSA) is 117 Å². The van der Waals surface area contributed by atoms with Gasteiger partial charge in [0.2, 0.25) is 0 Å². The minimum absolute atomic E-state index is 0.225. The first-order valence-electron chi connectivity index (χ1n) is 11.1. The van der Waals surface area contributed by atoms with Crippen LogP contribution in [0.2, 0.25) is 0 Å². The molecule has 2 heterocycles. The van der Waals surface area contributed by atoms with Crippen molar-refractivity contribution in [2.45, 2.75) is 38.4 Å². The lowest BCUT2D eigenvalue weighted by atomic mass is 9.90. The number of alkyl halides is 3. The van der Waals surface area contributed by atoms with E-state index in [-0.39, 0.29) is 5.82 Å². The van der Waals surface area contributed by atoms with Crippen molar-refractivity contribution in [1.29, 1.82) is 0 Å². The highest BCUT2D eigenvalue weighted by molar-refractivity contribution is 5.90. The van der Waals surface area contributed by atoms with Crippen LogP contribution < -0.4 is 5.32 Å². The number of aromatic nitrogens is 3. The zero-order chi connectivity index (χ0) is 26.3. The predicted molar refractivity (Wildman–Crippen MR) is 121 cm³/mol. The molecule has 36 heavy (non-hydrogen) atoms. The Morgan fingerprint density at radius 3 is 2.39 bits per heavy atom. The summed E-state index contributed by atoms with van der Waals surface area (Å²) in [5.74, 6) is -3.91. The molecule has 0 saturated carbocycles. The van der Waals surface area contributed by atoms with Crippen LogP contribution in [0.15, 0.2) is 42.7 Å². The van der Waals surface area contributed by atoms with Crippen molar-refractivity contribution in [3.63, 3.8) is 0 Å². The molecule has 12 heteroatoms. The second-order valence-electron chi connectivity index (χ2n) is 8.02. The minimum atomic E-state index is -5.08. The smallest absolute Gasteiger partial charge is 0.477 e. The number of aromatic carboxylic acids is 1. The van der Waals surface area contributed by atoms with Crippen LogP contribution in [-0.2, 0) is 30.6 Å². The van der Waals surface area contributed by atoms with Crippen LogP contribution in [0.1, 0.15) is 33.6 Å². The molecule has 1 aliphatic rings. The number of hydrogen-bond acceptors (Lipinski definition) is 5. The Balaban J connectivity index is 0.000000454. The number of carboxylic acid groups (broad SMARTS) is 2. The minimum Gasteiger partial charge on any atom is -0.477 e. The first-order chi connectivity index (χ1) is 17.1. The van der Waals surface area contributed by atoms with Gasteiger partial charge in [0.1, 0.15) is 11.5 Å². The fourth-order valence-electron chi connectivity index (χ4n) is 3.83. The summed E-state index contributed by atoms with van der Waals surface area (Å²) in [6.45, 7) is 2.08. The summed E-state index contributed by atoms with van der Waals surface area (Å²) in [5.41, 5.74) is 5.08. The summed E-state index contributed by atoms with van der Waals surface area (Å²) in [4.78, 5) is 24.9. The summed E-state index contributed by atoms with van der Waals surface area (Å²) in [6.07, 6.45) is 1.52. The summed E-state index contributed by atoms with van der Waals surface area (Å²) >= 11 is 0. The molecule has 8 nitrogen and oxygen atoms in total. The average Bonchev–Trinajstić information content (AvgIpc) is 3.21. The maximum absolute atomic E-state index is 12.9. The van der Waals surface area contributed by atoms with E-state index < -0.39 is 18.1 Å². The first kappa shape index (κ1) is 26.8. The number of nitrogens with zero attached hydrogens (tertiary/aromatic N) is 3. The Kier molecular flexibility index (Phi) is 8.75. The van der Waals surface area contributed by atoms with E-state index in [1.165, 1.54) is 12.1 Å². The van der Waals surface area contributed by atoms with Gasteiger partial charge in [0.15, 0.2) is 0 Å². The number of carboxylic acids is 2. The number of aliphatic carboxylic acids is 1. The van der Waals surface area contributed by atoms with Gasteiger partial charge < -0.3 is 15.5 Å². The number of hydrogen-bond donors (Lipinski definition) is 3. The van der Waals surface area contributed by atoms with E-state index in [1.807, 2.05) is 12.3 Å². The third-order valence-corrected chi connectivity index (χ3v) is 5.53. The van der Waals surface area contributed by atoms with Gasteiger partial charge >= 0.3 is 18.1 Å². The highest BCUT2D eigenvalue weighted by Gasteiger charge is 2.38. The number of halogens is 4. The molecular formula is C24H24F4N4O4. The van der Waals surface area contributed by atoms with Gasteiger partial charge in [-0.2, -0.15) is 18.3 Å². The molecule has 0 saturated heterocycles. The molecule has 0 radical (unpaired) electrons. The molecule has 192 valence electrons. The van der Waals surface area contributed by atoms with Crippen molar-refractivity contribution in [1.82, 2.24) is 20.1 Å². The molecule has 3 N–H and O–H groups in total. The number of benzene rings is 1. The number of rotatable bonds is 8. The largest absolute Gasteiger partial charge is 0.490 e. The first-order valence-corrected chi connectivity index (χ1v) is 11.1. The van der Waals surface area contributed by atoms with Crippen molar-refractivity contribution in [2.24, 2.45) is 0 Å². The average molecular weight is 508 g/mol. The van der Waals surface area contributed by atoms with E-state index in [0.717, 1.165) is 60.3 Å². The van der Waals surface area contributed by atoms with Gasteiger partial charge in [-0.05, 0) is 68.1 Å². The monoisotopic (exact) mass is 508 g/mol. The predicted octanol–water partition coefficient (Wildman–Crippen LogP) is 3.74. The molecule has 0 bridgehead atoms. The molecule has 0 atom stereocenters. The Labute approximate surface area is 203 Å². The normalized spacial score (nSPS) is 12.2. The number of pyridine rings is 1. The van der Waals surface area contributed by atoms with Crippen molar-refractivity contribution in [3.05, 3.63) is 70.9 Å². The standard InChI is InChI=1S/C22H23FN4O2.C2HF3O2/c23-17-5-2-15(3-6-17)8-11-24-10-1-13-27-21(22(28)29)19-7-4-16-14-25-12-9-18(16)20(19)26-27;3-2(4,5)1(6)7/h2-3,5-6,9,12,14,24H,1,4,7-8,10-11,13H2,(H,28,29);(H,6,7). The fourth-order valence-corrected chi connectivity index (χ4v) is 3.83. The third-order valence-electron chi connectivity index (χ3n) is 5.53. The van der Waals surface area contributed by atoms with Crippen LogP contribution in [0, 0.1) is 5.82 Å². The zero-order valence-electron chi connectivity index (χ0n) is 19.1. The molecule has 0 aliphatic heterocycles. The van der Waals surface area contributed by atoms with E-state index in [4.69, 9.17) is 9.90 Å². The van der Waals surface area contributed by atoms with Crippen molar-refractivity contribution < 1.29 is 37.4 Å². The van der Waals surface area contributed by atoms with Gasteiger partial charge in [0.25, 0.3) is 0 Å². The van der Waals surface area contributed by atoms with Crippen LogP contribution >= 0.6 is 0 Å². The molecule has 0 amide bonds. The lowest BCUT2D eigenvalue weighted by Crippen LogP contribution is -2.21. The molecule has 0 spiro atoms. The van der Waals surface area contributed by atoms with Crippen LogP contribution in [0.25, 0.3) is 11.3 Å². The van der Waals surface area contributed by atoms with Gasteiger partial charge in [-0.15, -0.1) is 0 Å².